The first-order valence-corrected chi connectivity index (χ1v) is 6.41. The van der Waals surface area contributed by atoms with Gasteiger partial charge in [0.25, 0.3) is 0 Å². The molecular weight excluding hydrogens is 244 g/mol. The molecular formula is C13H14N4O2. The van der Waals surface area contributed by atoms with Crippen LogP contribution in [-0.2, 0) is 4.79 Å². The molecule has 2 bridgehead atoms. The largest absolute Gasteiger partial charge is 0.481 e. The van der Waals surface area contributed by atoms with E-state index in [-0.39, 0.29) is 23.6 Å². The number of aliphatic carboxylic acids is 1. The number of nitriles is 1. The van der Waals surface area contributed by atoms with Crippen molar-refractivity contribution in [1.82, 2.24) is 9.97 Å². The average molecular weight is 258 g/mol. The van der Waals surface area contributed by atoms with Gasteiger partial charge < -0.3 is 10.4 Å². The van der Waals surface area contributed by atoms with Crippen molar-refractivity contribution in [2.45, 2.75) is 25.3 Å². The predicted molar refractivity (Wildman–Crippen MR) is 66.1 cm³/mol. The van der Waals surface area contributed by atoms with E-state index in [1.54, 1.807) is 0 Å². The molecule has 4 atom stereocenters. The zero-order valence-corrected chi connectivity index (χ0v) is 10.3. The van der Waals surface area contributed by atoms with E-state index in [0.29, 0.717) is 11.9 Å². The van der Waals surface area contributed by atoms with Crippen LogP contribution in [0.25, 0.3) is 0 Å². The lowest BCUT2D eigenvalue weighted by Crippen LogP contribution is -2.39. The monoisotopic (exact) mass is 258 g/mol. The van der Waals surface area contributed by atoms with Crippen LogP contribution in [0.3, 0.4) is 0 Å². The maximum atomic E-state index is 11.4. The Kier molecular flexibility index (Phi) is 2.82. The van der Waals surface area contributed by atoms with Gasteiger partial charge in [-0.05, 0) is 37.2 Å². The summed E-state index contributed by atoms with van der Waals surface area (Å²) in [5.41, 5.74) is 0.285. The van der Waals surface area contributed by atoms with Crippen LogP contribution in [0.4, 0.5) is 5.95 Å². The number of nitrogens with zero attached hydrogens (tertiary/aromatic N) is 3. The van der Waals surface area contributed by atoms with Gasteiger partial charge in [0, 0.05) is 12.2 Å². The smallest absolute Gasteiger partial charge is 0.308 e. The molecule has 1 aromatic rings. The second-order valence-corrected chi connectivity index (χ2v) is 5.24. The molecule has 2 N–H and O–H groups in total. The van der Waals surface area contributed by atoms with E-state index < -0.39 is 5.97 Å². The molecule has 19 heavy (non-hydrogen) atoms. The van der Waals surface area contributed by atoms with Crippen LogP contribution in [0.2, 0.25) is 0 Å². The number of hydrogen-bond acceptors (Lipinski definition) is 5. The highest BCUT2D eigenvalue weighted by molar-refractivity contribution is 5.73. The van der Waals surface area contributed by atoms with Crippen molar-refractivity contribution in [3.63, 3.8) is 0 Å². The molecule has 2 saturated carbocycles. The van der Waals surface area contributed by atoms with Crippen LogP contribution in [0.1, 0.15) is 25.0 Å². The van der Waals surface area contributed by atoms with Gasteiger partial charge in [-0.15, -0.1) is 0 Å². The fourth-order valence-corrected chi connectivity index (χ4v) is 3.49. The van der Waals surface area contributed by atoms with Crippen molar-refractivity contribution in [3.8, 4) is 6.07 Å². The molecule has 0 aliphatic heterocycles. The van der Waals surface area contributed by atoms with Gasteiger partial charge in [0.05, 0.1) is 5.92 Å². The number of carboxylic acid groups (broad SMARTS) is 1. The maximum Gasteiger partial charge on any atom is 0.308 e. The molecule has 98 valence electrons. The lowest BCUT2D eigenvalue weighted by Gasteiger charge is -2.28. The molecule has 3 rings (SSSR count). The Balaban J connectivity index is 1.82. The average Bonchev–Trinajstić information content (AvgIpc) is 2.99. The minimum atomic E-state index is -0.749. The first-order chi connectivity index (χ1) is 9.19. The van der Waals surface area contributed by atoms with Crippen LogP contribution < -0.4 is 5.32 Å². The van der Waals surface area contributed by atoms with E-state index in [0.717, 1.165) is 19.3 Å². The predicted octanol–water partition coefficient (Wildman–Crippen LogP) is 1.26. The Morgan fingerprint density at radius 3 is 3.00 bits per heavy atom. The highest BCUT2D eigenvalue weighted by Crippen LogP contribution is 2.49. The van der Waals surface area contributed by atoms with Crippen molar-refractivity contribution < 1.29 is 9.90 Å². The number of carboxylic acids is 1. The van der Waals surface area contributed by atoms with Crippen molar-refractivity contribution >= 4 is 11.9 Å². The number of aromatic nitrogens is 2. The lowest BCUT2D eigenvalue weighted by atomic mass is 9.84. The summed E-state index contributed by atoms with van der Waals surface area (Å²) in [6.45, 7) is 0. The van der Waals surface area contributed by atoms with Crippen LogP contribution in [0.5, 0.6) is 0 Å². The third-order valence-electron chi connectivity index (χ3n) is 4.27. The van der Waals surface area contributed by atoms with Crippen LogP contribution in [0.15, 0.2) is 12.3 Å². The molecule has 1 heterocycles. The van der Waals surface area contributed by atoms with E-state index in [4.69, 9.17) is 5.26 Å². The van der Waals surface area contributed by atoms with Gasteiger partial charge in [-0.3, -0.25) is 4.79 Å². The van der Waals surface area contributed by atoms with E-state index >= 15 is 0 Å². The zero-order valence-electron chi connectivity index (χ0n) is 10.3. The molecule has 6 nitrogen and oxygen atoms in total. The van der Waals surface area contributed by atoms with Gasteiger partial charge in [0.2, 0.25) is 5.95 Å². The first kappa shape index (κ1) is 11.9. The van der Waals surface area contributed by atoms with Gasteiger partial charge in [-0.25, -0.2) is 9.97 Å². The third kappa shape index (κ3) is 2.01. The summed E-state index contributed by atoms with van der Waals surface area (Å²) in [4.78, 5) is 19.5. The van der Waals surface area contributed by atoms with Gasteiger partial charge in [0.15, 0.2) is 0 Å². The number of hydrogen-bond donors (Lipinski definition) is 2. The van der Waals surface area contributed by atoms with Crippen molar-refractivity contribution in [1.29, 1.82) is 5.26 Å². The number of anilines is 1. The molecule has 1 aromatic heterocycles. The second kappa shape index (κ2) is 4.50. The third-order valence-corrected chi connectivity index (χ3v) is 4.27. The highest BCUT2D eigenvalue weighted by Gasteiger charge is 2.51. The number of fused-ring (bicyclic) bond motifs is 2. The second-order valence-electron chi connectivity index (χ2n) is 5.24. The lowest BCUT2D eigenvalue weighted by molar-refractivity contribution is -0.143. The molecule has 0 spiro atoms. The Morgan fingerprint density at radius 2 is 2.26 bits per heavy atom. The summed E-state index contributed by atoms with van der Waals surface area (Å²) < 4.78 is 0. The van der Waals surface area contributed by atoms with Gasteiger partial charge >= 0.3 is 5.97 Å². The molecule has 2 fully saturated rings. The Morgan fingerprint density at radius 1 is 1.47 bits per heavy atom. The summed E-state index contributed by atoms with van der Waals surface area (Å²) in [5.74, 6) is -0.128. The van der Waals surface area contributed by atoms with E-state index in [1.807, 2.05) is 6.07 Å². The standard InChI is InChI=1S/C13H14N4O2/c14-6-9-3-4-15-13(16-9)17-11-8-2-1-7(5-8)10(11)12(18)19/h3-4,7-8,10-11H,1-2,5H2,(H,18,19)(H,15,16,17). The number of nitrogens with one attached hydrogen (secondary N) is 1. The molecule has 2 aliphatic carbocycles. The SMILES string of the molecule is N#Cc1ccnc(NC2C3CCC(C3)C2C(=O)O)n1. The normalized spacial score (nSPS) is 31.9. The maximum absolute atomic E-state index is 11.4. The minimum Gasteiger partial charge on any atom is -0.481 e. The highest BCUT2D eigenvalue weighted by atomic mass is 16.4. The molecule has 6 heteroatoms. The number of rotatable bonds is 3. The fraction of sp³-hybridized carbons (Fsp3) is 0.538. The van der Waals surface area contributed by atoms with Crippen molar-refractivity contribution in [3.05, 3.63) is 18.0 Å². The van der Waals surface area contributed by atoms with Gasteiger partial charge in [-0.2, -0.15) is 5.26 Å². The van der Waals surface area contributed by atoms with E-state index in [9.17, 15) is 9.90 Å². The summed E-state index contributed by atoms with van der Waals surface area (Å²) in [5, 5.41) is 21.3. The summed E-state index contributed by atoms with van der Waals surface area (Å²) in [7, 11) is 0. The summed E-state index contributed by atoms with van der Waals surface area (Å²) >= 11 is 0. The summed E-state index contributed by atoms with van der Waals surface area (Å²) in [6, 6.07) is 3.36. The number of carbonyl (C=O) groups is 1. The van der Waals surface area contributed by atoms with Gasteiger partial charge in [-0.1, -0.05) is 0 Å². The molecule has 2 aliphatic rings. The zero-order chi connectivity index (χ0) is 13.4. The van der Waals surface area contributed by atoms with E-state index in [1.165, 1.54) is 12.3 Å². The Bertz CT molecular complexity index is 554. The molecule has 0 aromatic carbocycles. The van der Waals surface area contributed by atoms with Gasteiger partial charge in [0.1, 0.15) is 11.8 Å². The van der Waals surface area contributed by atoms with E-state index in [2.05, 4.69) is 15.3 Å². The summed E-state index contributed by atoms with van der Waals surface area (Å²) in [6.07, 6.45) is 4.53. The molecule has 4 unspecified atom stereocenters. The van der Waals surface area contributed by atoms with Crippen LogP contribution >= 0.6 is 0 Å². The molecule has 0 saturated heterocycles. The Hall–Kier alpha value is -2.16. The topological polar surface area (TPSA) is 98.9 Å². The fourth-order valence-electron chi connectivity index (χ4n) is 3.49. The van der Waals surface area contributed by atoms with Crippen molar-refractivity contribution in [2.75, 3.05) is 5.32 Å². The Labute approximate surface area is 110 Å². The molecule has 0 radical (unpaired) electrons. The van der Waals surface area contributed by atoms with Crippen LogP contribution in [0, 0.1) is 29.1 Å². The minimum absolute atomic E-state index is 0.120. The quantitative estimate of drug-likeness (QED) is 0.846. The molecule has 0 amide bonds. The van der Waals surface area contributed by atoms with Crippen LogP contribution in [-0.4, -0.2) is 27.1 Å². The van der Waals surface area contributed by atoms with Crippen molar-refractivity contribution in [2.24, 2.45) is 17.8 Å². The first-order valence-electron chi connectivity index (χ1n) is 6.41.